The highest BCUT2D eigenvalue weighted by Crippen LogP contribution is 2.18. The van der Waals surface area contributed by atoms with Gasteiger partial charge in [-0.15, -0.1) is 5.10 Å². The molecule has 16 heavy (non-hydrogen) atoms. The molecule has 0 aliphatic rings. The third kappa shape index (κ3) is 3.12. The number of thioether (sulfide) groups is 1. The van der Waals surface area contributed by atoms with E-state index in [4.69, 9.17) is 0 Å². The quantitative estimate of drug-likeness (QED) is 0.728. The lowest BCUT2D eigenvalue weighted by Gasteiger charge is -2.21. The van der Waals surface area contributed by atoms with Gasteiger partial charge in [-0.2, -0.15) is 0 Å². The number of hydrogen-bond donors (Lipinski definition) is 2. The van der Waals surface area contributed by atoms with Crippen molar-refractivity contribution in [2.45, 2.75) is 31.5 Å². The molecule has 1 aromatic heterocycles. The monoisotopic (exact) mass is 244 g/mol. The van der Waals surface area contributed by atoms with Crippen LogP contribution < -0.4 is 11.0 Å². The topological polar surface area (TPSA) is 62.7 Å². The molecule has 2 atom stereocenters. The summed E-state index contributed by atoms with van der Waals surface area (Å²) in [6.07, 6.45) is 1.14. The van der Waals surface area contributed by atoms with Crippen LogP contribution in [-0.4, -0.2) is 33.6 Å². The van der Waals surface area contributed by atoms with E-state index in [1.54, 1.807) is 18.8 Å². The van der Waals surface area contributed by atoms with Gasteiger partial charge in [0.05, 0.1) is 0 Å². The van der Waals surface area contributed by atoms with Gasteiger partial charge in [-0.05, 0) is 13.0 Å². The molecular formula is C10H20N4OS. The van der Waals surface area contributed by atoms with E-state index in [1.807, 2.05) is 7.05 Å². The zero-order chi connectivity index (χ0) is 12.1. The Morgan fingerprint density at radius 3 is 2.75 bits per heavy atom. The minimum absolute atomic E-state index is 0.160. The predicted octanol–water partition coefficient (Wildman–Crippen LogP) is 0.835. The number of rotatable bonds is 6. The Balaban J connectivity index is 2.56. The lowest BCUT2D eigenvalue weighted by molar-refractivity contribution is 0.420. The second kappa shape index (κ2) is 6.10. The van der Waals surface area contributed by atoms with E-state index >= 15 is 0 Å². The van der Waals surface area contributed by atoms with Crippen molar-refractivity contribution in [2.24, 2.45) is 13.0 Å². The summed E-state index contributed by atoms with van der Waals surface area (Å²) in [7, 11) is 3.70. The number of hydrogen-bond acceptors (Lipinski definition) is 4. The lowest BCUT2D eigenvalue weighted by Crippen LogP contribution is -2.34. The van der Waals surface area contributed by atoms with E-state index in [1.165, 1.54) is 4.57 Å². The Hall–Kier alpha value is -0.750. The van der Waals surface area contributed by atoms with E-state index in [0.29, 0.717) is 12.0 Å². The van der Waals surface area contributed by atoms with Crippen LogP contribution in [0.3, 0.4) is 0 Å². The SMILES string of the molecule is CCC(C)C(CSc1n[nH]c(=O)n1C)NC. The first kappa shape index (κ1) is 13.3. The van der Waals surface area contributed by atoms with E-state index < -0.39 is 0 Å². The smallest absolute Gasteiger partial charge is 0.316 e. The molecule has 0 spiro atoms. The first-order chi connectivity index (χ1) is 7.60. The lowest BCUT2D eigenvalue weighted by atomic mass is 10.0. The molecule has 5 nitrogen and oxygen atoms in total. The van der Waals surface area contributed by atoms with Gasteiger partial charge in [-0.3, -0.25) is 4.57 Å². The zero-order valence-electron chi connectivity index (χ0n) is 10.3. The number of aromatic nitrogens is 3. The Labute approximate surface area is 100 Å². The second-order valence-corrected chi connectivity index (χ2v) is 4.95. The molecule has 2 unspecified atom stereocenters. The average Bonchev–Trinajstić information content (AvgIpc) is 2.61. The van der Waals surface area contributed by atoms with Crippen LogP contribution in [0.5, 0.6) is 0 Å². The highest BCUT2D eigenvalue weighted by molar-refractivity contribution is 7.99. The molecule has 6 heteroatoms. The molecule has 0 aromatic carbocycles. The summed E-state index contributed by atoms with van der Waals surface area (Å²) in [6.45, 7) is 4.41. The zero-order valence-corrected chi connectivity index (χ0v) is 11.1. The Morgan fingerprint density at radius 1 is 1.62 bits per heavy atom. The third-order valence-corrected chi connectivity index (χ3v) is 4.08. The van der Waals surface area contributed by atoms with Crippen molar-refractivity contribution in [3.63, 3.8) is 0 Å². The van der Waals surface area contributed by atoms with Crippen LogP contribution in [-0.2, 0) is 7.05 Å². The average molecular weight is 244 g/mol. The van der Waals surface area contributed by atoms with Crippen molar-refractivity contribution in [2.75, 3.05) is 12.8 Å². The first-order valence-corrected chi connectivity index (χ1v) is 6.50. The summed E-state index contributed by atoms with van der Waals surface area (Å²) in [5, 5.41) is 10.5. The molecular weight excluding hydrogens is 224 g/mol. The summed E-state index contributed by atoms with van der Waals surface area (Å²) in [5.74, 6) is 1.54. The van der Waals surface area contributed by atoms with E-state index in [2.05, 4.69) is 29.4 Å². The van der Waals surface area contributed by atoms with Crippen LogP contribution in [0.15, 0.2) is 9.95 Å². The van der Waals surface area contributed by atoms with Gasteiger partial charge in [0.1, 0.15) is 0 Å². The van der Waals surface area contributed by atoms with Crippen molar-refractivity contribution in [3.05, 3.63) is 10.5 Å². The molecule has 0 saturated heterocycles. The maximum Gasteiger partial charge on any atom is 0.343 e. The molecule has 1 rings (SSSR count). The van der Waals surface area contributed by atoms with E-state index in [-0.39, 0.29) is 5.69 Å². The molecule has 0 fully saturated rings. The summed E-state index contributed by atoms with van der Waals surface area (Å²) >= 11 is 1.60. The standard InChI is InChI=1S/C10H20N4OS/c1-5-7(2)8(11-3)6-16-10-13-12-9(15)14(10)4/h7-8,11H,5-6H2,1-4H3,(H,12,15). The van der Waals surface area contributed by atoms with Crippen LogP contribution in [0.1, 0.15) is 20.3 Å². The Bertz CT molecular complexity index is 373. The van der Waals surface area contributed by atoms with Gasteiger partial charge >= 0.3 is 5.69 Å². The minimum atomic E-state index is -0.160. The molecule has 2 N–H and O–H groups in total. The van der Waals surface area contributed by atoms with Crippen molar-refractivity contribution >= 4 is 11.8 Å². The van der Waals surface area contributed by atoms with Crippen molar-refractivity contribution in [3.8, 4) is 0 Å². The fourth-order valence-electron chi connectivity index (χ4n) is 1.44. The van der Waals surface area contributed by atoms with Crippen molar-refractivity contribution in [1.82, 2.24) is 20.1 Å². The van der Waals surface area contributed by atoms with Gasteiger partial charge in [-0.1, -0.05) is 32.0 Å². The number of aromatic amines is 1. The van der Waals surface area contributed by atoms with Crippen LogP contribution in [0.25, 0.3) is 0 Å². The Kier molecular flexibility index (Phi) is 5.08. The maximum absolute atomic E-state index is 11.2. The number of H-pyrrole nitrogens is 1. The van der Waals surface area contributed by atoms with Crippen LogP contribution >= 0.6 is 11.8 Å². The van der Waals surface area contributed by atoms with Gasteiger partial charge in [0.25, 0.3) is 0 Å². The second-order valence-electron chi connectivity index (χ2n) is 3.96. The normalized spacial score (nSPS) is 15.0. The first-order valence-electron chi connectivity index (χ1n) is 5.51. The molecule has 0 bridgehead atoms. The van der Waals surface area contributed by atoms with Gasteiger partial charge in [0.2, 0.25) is 0 Å². The molecule has 0 amide bonds. The summed E-state index contributed by atoms with van der Waals surface area (Å²) in [4.78, 5) is 11.2. The predicted molar refractivity (Wildman–Crippen MR) is 66.9 cm³/mol. The van der Waals surface area contributed by atoms with Crippen molar-refractivity contribution < 1.29 is 0 Å². The summed E-state index contributed by atoms with van der Waals surface area (Å²) in [5.41, 5.74) is -0.160. The van der Waals surface area contributed by atoms with Gasteiger partial charge in [0.15, 0.2) is 5.16 Å². The van der Waals surface area contributed by atoms with Gasteiger partial charge in [-0.25, -0.2) is 9.89 Å². The van der Waals surface area contributed by atoms with E-state index in [9.17, 15) is 4.79 Å². The molecule has 1 heterocycles. The highest BCUT2D eigenvalue weighted by Gasteiger charge is 2.15. The van der Waals surface area contributed by atoms with E-state index in [0.717, 1.165) is 17.3 Å². The molecule has 92 valence electrons. The minimum Gasteiger partial charge on any atom is -0.316 e. The van der Waals surface area contributed by atoms with Gasteiger partial charge in [0, 0.05) is 18.8 Å². The number of nitrogens with zero attached hydrogens (tertiary/aromatic N) is 2. The fourth-order valence-corrected chi connectivity index (χ4v) is 2.65. The molecule has 0 saturated carbocycles. The molecule has 1 aromatic rings. The largest absolute Gasteiger partial charge is 0.343 e. The maximum atomic E-state index is 11.2. The molecule has 0 radical (unpaired) electrons. The summed E-state index contributed by atoms with van der Waals surface area (Å²) in [6, 6.07) is 0.446. The fraction of sp³-hybridized carbons (Fsp3) is 0.800. The highest BCUT2D eigenvalue weighted by atomic mass is 32.2. The Morgan fingerprint density at radius 2 is 2.31 bits per heavy atom. The van der Waals surface area contributed by atoms with Crippen LogP contribution in [0.2, 0.25) is 0 Å². The van der Waals surface area contributed by atoms with Crippen LogP contribution in [0.4, 0.5) is 0 Å². The number of nitrogens with one attached hydrogen (secondary N) is 2. The van der Waals surface area contributed by atoms with Crippen LogP contribution in [0, 0.1) is 5.92 Å². The van der Waals surface area contributed by atoms with Gasteiger partial charge < -0.3 is 5.32 Å². The molecule has 0 aliphatic heterocycles. The molecule has 0 aliphatic carbocycles. The van der Waals surface area contributed by atoms with Crippen molar-refractivity contribution in [1.29, 1.82) is 0 Å². The summed E-state index contributed by atoms with van der Waals surface area (Å²) < 4.78 is 1.54. The third-order valence-electron chi connectivity index (χ3n) is 2.93.